The summed E-state index contributed by atoms with van der Waals surface area (Å²) in [7, 11) is 0. The Bertz CT molecular complexity index is 1740. The zero-order valence-corrected chi connectivity index (χ0v) is 23.9. The van der Waals surface area contributed by atoms with Crippen molar-refractivity contribution in [1.82, 2.24) is 15.1 Å². The van der Waals surface area contributed by atoms with Crippen LogP contribution in [0.15, 0.2) is 54.6 Å². The first kappa shape index (κ1) is 28.8. The van der Waals surface area contributed by atoms with Gasteiger partial charge in [-0.15, -0.1) is 0 Å². The standard InChI is InChI=1S/C33H29FN6O4/c1-36-28-8-7-24(16-23(28)17-35)39-13-11-38(12-14-39)18-21-5-6-22(27(34)15-21)20-44-30-4-2-3-25-26(30)19-40(33(25)43)29-9-10-31(41)37-32(29)42/h2-8,15-16,29H,9-14,18-20H2,(H,37,41,42)/t29-/m0/s1. The van der Waals surface area contributed by atoms with Crippen LogP contribution in [0.4, 0.5) is 15.8 Å². The highest BCUT2D eigenvalue weighted by Gasteiger charge is 2.40. The number of piperazine rings is 1. The molecular weight excluding hydrogens is 563 g/mol. The Morgan fingerprint density at radius 2 is 1.89 bits per heavy atom. The van der Waals surface area contributed by atoms with E-state index in [1.807, 2.05) is 12.1 Å². The average molecular weight is 593 g/mol. The Hall–Kier alpha value is -5.26. The molecule has 0 aliphatic carbocycles. The Kier molecular flexibility index (Phi) is 7.97. The molecule has 0 bridgehead atoms. The molecule has 3 heterocycles. The number of nitrogens with zero attached hydrogens (tertiary/aromatic N) is 5. The fraction of sp³-hybridized carbons (Fsp3) is 0.303. The van der Waals surface area contributed by atoms with Gasteiger partial charge in [0.15, 0.2) is 0 Å². The number of benzene rings is 3. The van der Waals surface area contributed by atoms with Crippen LogP contribution in [0.3, 0.4) is 0 Å². The van der Waals surface area contributed by atoms with E-state index in [0.717, 1.165) is 37.4 Å². The molecule has 0 radical (unpaired) electrons. The first-order valence-electron chi connectivity index (χ1n) is 14.4. The summed E-state index contributed by atoms with van der Waals surface area (Å²) in [4.78, 5) is 46.3. The third kappa shape index (κ3) is 5.70. The number of nitriles is 1. The predicted octanol–water partition coefficient (Wildman–Crippen LogP) is 3.91. The summed E-state index contributed by atoms with van der Waals surface area (Å²) in [6.07, 6.45) is 0.448. The molecule has 3 aliphatic rings. The van der Waals surface area contributed by atoms with Crippen LogP contribution < -0.4 is 15.0 Å². The number of carbonyl (C=O) groups excluding carboxylic acids is 3. The molecule has 0 aromatic heterocycles. The summed E-state index contributed by atoms with van der Waals surface area (Å²) in [6, 6.07) is 16.9. The van der Waals surface area contributed by atoms with E-state index in [-0.39, 0.29) is 43.6 Å². The third-order valence-electron chi connectivity index (χ3n) is 8.40. The molecule has 11 heteroatoms. The van der Waals surface area contributed by atoms with Crippen molar-refractivity contribution in [3.05, 3.63) is 99.6 Å². The van der Waals surface area contributed by atoms with E-state index in [1.54, 1.807) is 36.4 Å². The van der Waals surface area contributed by atoms with Crippen molar-refractivity contribution < 1.29 is 23.5 Å². The van der Waals surface area contributed by atoms with Crippen LogP contribution in [-0.2, 0) is 29.3 Å². The number of nitrogens with one attached hydrogen (secondary N) is 1. The lowest BCUT2D eigenvalue weighted by Gasteiger charge is -2.36. The number of hydrogen-bond acceptors (Lipinski definition) is 7. The Labute approximate surface area is 254 Å². The quantitative estimate of drug-likeness (QED) is 0.327. The molecule has 3 aromatic carbocycles. The predicted molar refractivity (Wildman–Crippen MR) is 158 cm³/mol. The molecule has 0 spiro atoms. The number of amides is 3. The van der Waals surface area contributed by atoms with Crippen molar-refractivity contribution in [1.29, 1.82) is 5.26 Å². The summed E-state index contributed by atoms with van der Waals surface area (Å²) >= 11 is 0. The van der Waals surface area contributed by atoms with Crippen molar-refractivity contribution in [2.24, 2.45) is 0 Å². The molecule has 44 heavy (non-hydrogen) atoms. The summed E-state index contributed by atoms with van der Waals surface area (Å²) in [5, 5.41) is 11.6. The molecule has 10 nitrogen and oxygen atoms in total. The van der Waals surface area contributed by atoms with Gasteiger partial charge in [-0.05, 0) is 42.3 Å². The molecule has 0 saturated carbocycles. The maximum Gasteiger partial charge on any atom is 0.255 e. The van der Waals surface area contributed by atoms with E-state index in [4.69, 9.17) is 11.3 Å². The van der Waals surface area contributed by atoms with E-state index >= 15 is 4.39 Å². The van der Waals surface area contributed by atoms with Gasteiger partial charge in [0.2, 0.25) is 17.5 Å². The largest absolute Gasteiger partial charge is 0.488 e. The van der Waals surface area contributed by atoms with E-state index < -0.39 is 11.9 Å². The molecule has 3 amide bonds. The Balaban J connectivity index is 1.05. The highest BCUT2D eigenvalue weighted by Crippen LogP contribution is 2.34. The van der Waals surface area contributed by atoms with Crippen LogP contribution in [0.25, 0.3) is 4.85 Å². The van der Waals surface area contributed by atoms with E-state index in [2.05, 4.69) is 26.0 Å². The van der Waals surface area contributed by atoms with Crippen LogP contribution in [0, 0.1) is 23.7 Å². The van der Waals surface area contributed by atoms with Crippen molar-refractivity contribution in [2.45, 2.75) is 38.6 Å². The smallest absolute Gasteiger partial charge is 0.255 e. The number of anilines is 1. The van der Waals surface area contributed by atoms with Gasteiger partial charge >= 0.3 is 0 Å². The molecule has 0 unspecified atom stereocenters. The van der Waals surface area contributed by atoms with Gasteiger partial charge in [0, 0.05) is 61.5 Å². The minimum atomic E-state index is -0.721. The molecule has 6 rings (SSSR count). The zero-order chi connectivity index (χ0) is 30.8. The van der Waals surface area contributed by atoms with Gasteiger partial charge in [-0.3, -0.25) is 24.6 Å². The van der Waals surface area contributed by atoms with Crippen molar-refractivity contribution in [3.8, 4) is 11.8 Å². The minimum Gasteiger partial charge on any atom is -0.488 e. The normalized spacial score (nSPS) is 18.4. The number of fused-ring (bicyclic) bond motifs is 1. The lowest BCUT2D eigenvalue weighted by molar-refractivity contribution is -0.136. The maximum atomic E-state index is 15.2. The van der Waals surface area contributed by atoms with Crippen LogP contribution >= 0.6 is 0 Å². The highest BCUT2D eigenvalue weighted by molar-refractivity contribution is 6.05. The number of ether oxygens (including phenoxy) is 1. The fourth-order valence-corrected chi connectivity index (χ4v) is 5.98. The molecule has 1 N–H and O–H groups in total. The van der Waals surface area contributed by atoms with E-state index in [1.165, 1.54) is 11.0 Å². The fourth-order valence-electron chi connectivity index (χ4n) is 5.98. The van der Waals surface area contributed by atoms with Crippen LogP contribution in [-0.4, -0.2) is 59.7 Å². The number of imide groups is 1. The number of piperidine rings is 1. The van der Waals surface area contributed by atoms with Gasteiger partial charge in [-0.1, -0.05) is 24.3 Å². The first-order chi connectivity index (χ1) is 21.3. The van der Waals surface area contributed by atoms with Crippen LogP contribution in [0.1, 0.15) is 45.5 Å². The summed E-state index contributed by atoms with van der Waals surface area (Å²) in [6.45, 7) is 11.0. The molecule has 3 aliphatic heterocycles. The maximum absolute atomic E-state index is 15.2. The molecular formula is C33H29FN6O4. The van der Waals surface area contributed by atoms with Gasteiger partial charge < -0.3 is 14.5 Å². The monoisotopic (exact) mass is 592 g/mol. The van der Waals surface area contributed by atoms with Gasteiger partial charge in [0.1, 0.15) is 24.2 Å². The first-order valence-corrected chi connectivity index (χ1v) is 14.4. The third-order valence-corrected chi connectivity index (χ3v) is 8.40. The molecule has 2 saturated heterocycles. The number of hydrogen-bond donors (Lipinski definition) is 1. The molecule has 3 aromatic rings. The lowest BCUT2D eigenvalue weighted by Crippen LogP contribution is -2.52. The second-order valence-corrected chi connectivity index (χ2v) is 11.1. The molecule has 2 fully saturated rings. The van der Waals surface area contributed by atoms with Crippen molar-refractivity contribution in [3.63, 3.8) is 0 Å². The van der Waals surface area contributed by atoms with Gasteiger partial charge in [-0.2, -0.15) is 5.26 Å². The number of rotatable bonds is 7. The Morgan fingerprint density at radius 1 is 1.07 bits per heavy atom. The summed E-state index contributed by atoms with van der Waals surface area (Å²) in [5.41, 5.74) is 3.96. The van der Waals surface area contributed by atoms with Gasteiger partial charge in [-0.25, -0.2) is 9.24 Å². The molecule has 222 valence electrons. The zero-order valence-electron chi connectivity index (χ0n) is 23.9. The summed E-state index contributed by atoms with van der Waals surface area (Å²) < 4.78 is 21.1. The van der Waals surface area contributed by atoms with Crippen LogP contribution in [0.2, 0.25) is 0 Å². The number of carbonyl (C=O) groups is 3. The Morgan fingerprint density at radius 3 is 2.61 bits per heavy atom. The van der Waals surface area contributed by atoms with E-state index in [9.17, 15) is 19.6 Å². The van der Waals surface area contributed by atoms with E-state index in [0.29, 0.717) is 40.2 Å². The number of halogens is 1. The minimum absolute atomic E-state index is 0.0230. The summed E-state index contributed by atoms with van der Waals surface area (Å²) in [5.74, 6) is -1.03. The van der Waals surface area contributed by atoms with Crippen LogP contribution in [0.5, 0.6) is 5.75 Å². The van der Waals surface area contributed by atoms with Gasteiger partial charge in [0.25, 0.3) is 5.91 Å². The second kappa shape index (κ2) is 12.2. The molecule has 1 atom stereocenters. The topological polar surface area (TPSA) is 110 Å². The average Bonchev–Trinajstić information content (AvgIpc) is 3.37. The highest BCUT2D eigenvalue weighted by atomic mass is 19.1. The lowest BCUT2D eigenvalue weighted by atomic mass is 10.0. The second-order valence-electron chi connectivity index (χ2n) is 11.1. The van der Waals surface area contributed by atoms with Crippen molar-refractivity contribution >= 4 is 29.1 Å². The van der Waals surface area contributed by atoms with Gasteiger partial charge in [0.05, 0.1) is 24.7 Å². The van der Waals surface area contributed by atoms with Crippen molar-refractivity contribution in [2.75, 3.05) is 31.1 Å². The SMILES string of the molecule is [C-]#[N+]c1ccc(N2CCN(Cc3ccc(COc4cccc5c4CN([C@H]4CCC(=O)NC4=O)C5=O)c(F)c3)CC2)cc1C#N.